The first-order valence-electron chi connectivity index (χ1n) is 6.58. The fraction of sp³-hybridized carbons (Fsp3) is 0.235. The summed E-state index contributed by atoms with van der Waals surface area (Å²) < 4.78 is 5.43. The van der Waals surface area contributed by atoms with Crippen molar-refractivity contribution in [2.45, 2.75) is 27.7 Å². The van der Waals surface area contributed by atoms with Crippen LogP contribution in [-0.4, -0.2) is 5.71 Å². The van der Waals surface area contributed by atoms with Gasteiger partial charge in [-0.15, -0.1) is 0 Å². The Hall–Kier alpha value is -1.66. The normalized spacial score (nSPS) is 11.0. The van der Waals surface area contributed by atoms with Gasteiger partial charge in [0, 0.05) is 8.58 Å². The summed E-state index contributed by atoms with van der Waals surface area (Å²) >= 11 is 0. The monoisotopic (exact) mass is 286 g/mol. The molecule has 104 valence electrons. The molecular formula is C17H19O2P. The Morgan fingerprint density at radius 2 is 1.25 bits per heavy atom. The molecule has 0 amide bonds. The molecule has 2 nitrogen and oxygen atoms in total. The molecule has 0 spiro atoms. The summed E-state index contributed by atoms with van der Waals surface area (Å²) in [4.78, 5) is 12.0. The molecule has 0 aliphatic carbocycles. The predicted molar refractivity (Wildman–Crippen MR) is 85.8 cm³/mol. The highest BCUT2D eigenvalue weighted by molar-refractivity contribution is 7.64. The molecule has 0 radical (unpaired) electrons. The van der Waals surface area contributed by atoms with E-state index in [0.717, 1.165) is 16.4 Å². The van der Waals surface area contributed by atoms with E-state index in [2.05, 4.69) is 12.1 Å². The van der Waals surface area contributed by atoms with E-state index in [4.69, 9.17) is 4.74 Å². The molecule has 0 aliphatic rings. The molecule has 0 bridgehead atoms. The first kappa shape index (κ1) is 14.7. The highest BCUT2D eigenvalue weighted by Crippen LogP contribution is 2.22. The number of aryl methyl sites for hydroxylation is 4. The molecule has 3 heteroatoms. The van der Waals surface area contributed by atoms with Crippen molar-refractivity contribution in [3.8, 4) is 5.75 Å². The van der Waals surface area contributed by atoms with Crippen molar-refractivity contribution in [2.24, 2.45) is 0 Å². The maximum atomic E-state index is 12.0. The van der Waals surface area contributed by atoms with Crippen LogP contribution < -0.4 is 10.0 Å². The van der Waals surface area contributed by atoms with Crippen molar-refractivity contribution in [2.75, 3.05) is 0 Å². The molecule has 1 unspecified atom stereocenters. The first-order chi connectivity index (χ1) is 9.42. The van der Waals surface area contributed by atoms with E-state index < -0.39 is 0 Å². The van der Waals surface area contributed by atoms with Gasteiger partial charge in [-0.1, -0.05) is 35.4 Å². The minimum atomic E-state index is -0.194. The lowest BCUT2D eigenvalue weighted by atomic mass is 10.1. The number of hydrogen-bond donors (Lipinski definition) is 0. The number of rotatable bonds is 3. The van der Waals surface area contributed by atoms with Crippen LogP contribution in [0, 0.1) is 27.7 Å². The number of carbonyl (C=O) groups is 1. The Kier molecular flexibility index (Phi) is 4.57. The van der Waals surface area contributed by atoms with Crippen molar-refractivity contribution in [1.82, 2.24) is 0 Å². The zero-order chi connectivity index (χ0) is 14.7. The zero-order valence-corrected chi connectivity index (χ0v) is 13.3. The van der Waals surface area contributed by atoms with Gasteiger partial charge in [0.2, 0.25) is 0 Å². The van der Waals surface area contributed by atoms with Gasteiger partial charge in [0.1, 0.15) is 5.75 Å². The molecule has 1 atom stereocenters. The molecule has 20 heavy (non-hydrogen) atoms. The third kappa shape index (κ3) is 4.18. The van der Waals surface area contributed by atoms with Crippen molar-refractivity contribution in [3.05, 3.63) is 58.7 Å². The van der Waals surface area contributed by atoms with Gasteiger partial charge in [0.05, 0.1) is 0 Å². The van der Waals surface area contributed by atoms with E-state index >= 15 is 0 Å². The van der Waals surface area contributed by atoms with Crippen molar-refractivity contribution in [1.29, 1.82) is 0 Å². The van der Waals surface area contributed by atoms with Crippen LogP contribution in [0.1, 0.15) is 22.3 Å². The van der Waals surface area contributed by atoms with Gasteiger partial charge in [-0.3, -0.25) is 0 Å². The smallest absolute Gasteiger partial charge is 0.332 e. The summed E-state index contributed by atoms with van der Waals surface area (Å²) in [6.45, 7) is 8.07. The van der Waals surface area contributed by atoms with Crippen LogP contribution in [0.3, 0.4) is 0 Å². The summed E-state index contributed by atoms with van der Waals surface area (Å²) in [6.07, 6.45) is 0. The summed E-state index contributed by atoms with van der Waals surface area (Å²) in [5.74, 6) is 0.629. The van der Waals surface area contributed by atoms with E-state index in [9.17, 15) is 4.79 Å². The van der Waals surface area contributed by atoms with Crippen LogP contribution >= 0.6 is 8.58 Å². The van der Waals surface area contributed by atoms with Crippen molar-refractivity contribution >= 4 is 19.6 Å². The second-order valence-electron chi connectivity index (χ2n) is 5.21. The topological polar surface area (TPSA) is 26.3 Å². The minimum absolute atomic E-state index is 0.0290. The molecule has 2 aromatic carbocycles. The van der Waals surface area contributed by atoms with Crippen LogP contribution in [0.25, 0.3) is 0 Å². The van der Waals surface area contributed by atoms with Crippen LogP contribution in [0.5, 0.6) is 5.75 Å². The van der Waals surface area contributed by atoms with Crippen LogP contribution in [0.4, 0.5) is 4.79 Å². The molecule has 0 aliphatic heterocycles. The van der Waals surface area contributed by atoms with Crippen molar-refractivity contribution in [3.63, 3.8) is 0 Å². The van der Waals surface area contributed by atoms with Gasteiger partial charge in [0.15, 0.2) is 0 Å². The first-order valence-corrected chi connectivity index (χ1v) is 7.58. The fourth-order valence-electron chi connectivity index (χ4n) is 2.29. The molecule has 0 N–H and O–H groups in total. The zero-order valence-electron chi connectivity index (χ0n) is 12.3. The number of ether oxygens (including phenoxy) is 1. The Balaban J connectivity index is 2.08. The van der Waals surface area contributed by atoms with Crippen molar-refractivity contribution < 1.29 is 9.53 Å². The van der Waals surface area contributed by atoms with E-state index in [0.29, 0.717) is 5.75 Å². The average Bonchev–Trinajstić information content (AvgIpc) is 2.24. The van der Waals surface area contributed by atoms with Gasteiger partial charge in [-0.25, -0.2) is 4.79 Å². The molecular weight excluding hydrogens is 267 g/mol. The number of hydrogen-bond acceptors (Lipinski definition) is 2. The van der Waals surface area contributed by atoms with Gasteiger partial charge >= 0.3 is 5.71 Å². The molecule has 2 aromatic rings. The fourth-order valence-corrected chi connectivity index (χ4v) is 3.29. The van der Waals surface area contributed by atoms with Crippen LogP contribution in [0.2, 0.25) is 0 Å². The lowest BCUT2D eigenvalue weighted by Crippen LogP contribution is -2.06. The quantitative estimate of drug-likeness (QED) is 0.781. The lowest BCUT2D eigenvalue weighted by molar-refractivity contribution is 0.226. The number of carbonyl (C=O) groups excluding carboxylic acids is 1. The molecule has 2 rings (SSSR count). The van der Waals surface area contributed by atoms with E-state index in [1.807, 2.05) is 52.0 Å². The summed E-state index contributed by atoms with van der Waals surface area (Å²) in [6, 6.07) is 12.0. The third-order valence-electron chi connectivity index (χ3n) is 2.87. The maximum Gasteiger partial charge on any atom is 0.332 e. The summed E-state index contributed by atoms with van der Waals surface area (Å²) in [7, 11) is 0.0290. The van der Waals surface area contributed by atoms with Crippen LogP contribution in [0.15, 0.2) is 36.4 Å². The second-order valence-corrected chi connectivity index (χ2v) is 6.45. The molecule has 0 aromatic heterocycles. The Morgan fingerprint density at radius 1 is 0.800 bits per heavy atom. The SMILES string of the molecule is Cc1cc(C)cc(OC(=O)Pc2cc(C)cc(C)c2)c1. The standard InChI is InChI=1S/C17H19O2P/c1-11-5-12(2)8-15(7-11)19-17(18)20-16-9-13(3)6-14(4)10-16/h5-10,20H,1-4H3. The summed E-state index contributed by atoms with van der Waals surface area (Å²) in [5, 5.41) is 1.02. The molecule has 0 saturated carbocycles. The Labute approximate surface area is 122 Å². The van der Waals surface area contributed by atoms with E-state index in [1.54, 1.807) is 0 Å². The van der Waals surface area contributed by atoms with Gasteiger partial charge in [0.25, 0.3) is 0 Å². The average molecular weight is 286 g/mol. The maximum absolute atomic E-state index is 12.0. The lowest BCUT2D eigenvalue weighted by Gasteiger charge is -2.08. The Morgan fingerprint density at radius 3 is 1.75 bits per heavy atom. The van der Waals surface area contributed by atoms with E-state index in [-0.39, 0.29) is 14.3 Å². The molecule has 0 fully saturated rings. The van der Waals surface area contributed by atoms with Gasteiger partial charge in [-0.05, 0) is 56.3 Å². The van der Waals surface area contributed by atoms with Crippen LogP contribution in [-0.2, 0) is 0 Å². The Bertz CT molecular complexity index is 551. The summed E-state index contributed by atoms with van der Waals surface area (Å²) in [5.41, 5.74) is 4.35. The molecule has 0 heterocycles. The number of benzene rings is 2. The predicted octanol–water partition coefficient (Wildman–Crippen LogP) is 4.42. The minimum Gasteiger partial charge on any atom is -0.423 e. The highest BCUT2D eigenvalue weighted by Gasteiger charge is 2.08. The van der Waals surface area contributed by atoms with Gasteiger partial charge < -0.3 is 4.74 Å². The third-order valence-corrected chi connectivity index (χ3v) is 3.76. The van der Waals surface area contributed by atoms with E-state index in [1.165, 1.54) is 11.1 Å². The largest absolute Gasteiger partial charge is 0.423 e. The highest BCUT2D eigenvalue weighted by atomic mass is 31.1. The molecule has 0 saturated heterocycles. The second kappa shape index (κ2) is 6.19. The van der Waals surface area contributed by atoms with Gasteiger partial charge in [-0.2, -0.15) is 0 Å².